The van der Waals surface area contributed by atoms with Crippen molar-refractivity contribution in [1.29, 1.82) is 0 Å². The maximum Gasteiger partial charge on any atom is 0.293 e. The summed E-state index contributed by atoms with van der Waals surface area (Å²) >= 11 is 16.7. The Bertz CT molecular complexity index is 1380. The molecule has 1 fully saturated rings. The molecule has 0 atom stereocenters. The lowest BCUT2D eigenvalue weighted by atomic mass is 10.2. The first-order valence-electron chi connectivity index (χ1n) is 10.7. The Kier molecular flexibility index (Phi) is 8.41. The van der Waals surface area contributed by atoms with Crippen molar-refractivity contribution >= 4 is 79.7 Å². The second kappa shape index (κ2) is 11.5. The lowest BCUT2D eigenvalue weighted by Crippen LogP contribution is -2.27. The average Bonchev–Trinajstić information content (AvgIpc) is 3.08. The van der Waals surface area contributed by atoms with Crippen molar-refractivity contribution in [3.63, 3.8) is 0 Å². The zero-order chi connectivity index (χ0) is 25.8. The number of carbonyl (C=O) groups excluding carboxylic acids is 3. The van der Waals surface area contributed by atoms with Crippen molar-refractivity contribution in [3.05, 3.63) is 96.8 Å². The van der Waals surface area contributed by atoms with Crippen LogP contribution in [0.3, 0.4) is 0 Å². The minimum absolute atomic E-state index is 0.0123. The van der Waals surface area contributed by atoms with Gasteiger partial charge in [-0.05, 0) is 88.2 Å². The molecular formula is C26H19BrCl2N2O4S. The number of aryl methyl sites for hydroxylation is 1. The van der Waals surface area contributed by atoms with Crippen LogP contribution < -0.4 is 10.1 Å². The average molecular weight is 606 g/mol. The van der Waals surface area contributed by atoms with Crippen LogP contribution in [-0.4, -0.2) is 28.6 Å². The van der Waals surface area contributed by atoms with Crippen LogP contribution in [0.1, 0.15) is 16.7 Å². The van der Waals surface area contributed by atoms with Crippen LogP contribution in [0, 0.1) is 6.92 Å². The molecule has 3 amide bonds. The minimum atomic E-state index is -0.426. The molecule has 1 N–H and O–H groups in total. The van der Waals surface area contributed by atoms with Crippen molar-refractivity contribution < 1.29 is 19.1 Å². The molecule has 3 aromatic rings. The van der Waals surface area contributed by atoms with E-state index in [1.54, 1.807) is 48.5 Å². The SMILES string of the molecule is Cc1cccc(NC(=O)COc2ccc(/C=C3\SC(=O)N(Cc4c(Cl)cccc4Cl)C3=O)cc2Br)c1. The number of thioether (sulfide) groups is 1. The minimum Gasteiger partial charge on any atom is -0.483 e. The van der Waals surface area contributed by atoms with E-state index in [2.05, 4.69) is 21.2 Å². The van der Waals surface area contributed by atoms with Gasteiger partial charge in [-0.15, -0.1) is 0 Å². The Morgan fingerprint density at radius 3 is 2.50 bits per heavy atom. The van der Waals surface area contributed by atoms with Gasteiger partial charge in [0.05, 0.1) is 15.9 Å². The fourth-order valence-electron chi connectivity index (χ4n) is 3.42. The standard InChI is InChI=1S/C26H19BrCl2N2O4S/c1-15-4-2-5-17(10-15)30-24(32)14-35-22-9-8-16(11-19(22)27)12-23-25(33)31(26(34)36-23)13-18-20(28)6-3-7-21(18)29/h2-12H,13-14H2,1H3,(H,30,32)/b23-12-. The molecule has 0 radical (unpaired) electrons. The molecule has 0 bridgehead atoms. The number of halogens is 3. The highest BCUT2D eigenvalue weighted by Gasteiger charge is 2.35. The summed E-state index contributed by atoms with van der Waals surface area (Å²) in [5, 5.41) is 3.16. The van der Waals surface area contributed by atoms with Gasteiger partial charge < -0.3 is 10.1 Å². The van der Waals surface area contributed by atoms with Gasteiger partial charge in [0.2, 0.25) is 0 Å². The first kappa shape index (κ1) is 26.3. The first-order valence-corrected chi connectivity index (χ1v) is 13.0. The van der Waals surface area contributed by atoms with E-state index >= 15 is 0 Å². The summed E-state index contributed by atoms with van der Waals surface area (Å²) in [6.07, 6.45) is 1.62. The molecule has 0 aromatic heterocycles. The lowest BCUT2D eigenvalue weighted by molar-refractivity contribution is -0.123. The van der Waals surface area contributed by atoms with Crippen molar-refractivity contribution in [2.45, 2.75) is 13.5 Å². The van der Waals surface area contributed by atoms with E-state index < -0.39 is 11.1 Å². The normalized spacial score (nSPS) is 14.4. The quantitative estimate of drug-likeness (QED) is 0.286. The van der Waals surface area contributed by atoms with Gasteiger partial charge in [-0.25, -0.2) is 0 Å². The Hall–Kier alpha value is -2.78. The summed E-state index contributed by atoms with van der Waals surface area (Å²) in [4.78, 5) is 39.0. The summed E-state index contributed by atoms with van der Waals surface area (Å²) < 4.78 is 6.23. The molecule has 0 spiro atoms. The molecule has 4 rings (SSSR count). The summed E-state index contributed by atoms with van der Waals surface area (Å²) in [5.41, 5.74) is 2.93. The van der Waals surface area contributed by atoms with Gasteiger partial charge in [-0.2, -0.15) is 0 Å². The van der Waals surface area contributed by atoms with E-state index in [0.717, 1.165) is 22.2 Å². The van der Waals surface area contributed by atoms with Gasteiger partial charge >= 0.3 is 0 Å². The number of rotatable bonds is 7. The fraction of sp³-hybridized carbons (Fsp3) is 0.115. The van der Waals surface area contributed by atoms with Crippen LogP contribution in [0.15, 0.2) is 70.0 Å². The van der Waals surface area contributed by atoms with Gasteiger partial charge in [-0.3, -0.25) is 19.3 Å². The first-order chi connectivity index (χ1) is 17.2. The molecule has 1 heterocycles. The Morgan fingerprint density at radius 1 is 1.08 bits per heavy atom. The number of hydrogen-bond acceptors (Lipinski definition) is 5. The summed E-state index contributed by atoms with van der Waals surface area (Å²) in [7, 11) is 0. The number of carbonyl (C=O) groups is 3. The van der Waals surface area contributed by atoms with Crippen LogP contribution in [0.2, 0.25) is 10.0 Å². The van der Waals surface area contributed by atoms with Gasteiger partial charge in [0.15, 0.2) is 6.61 Å². The smallest absolute Gasteiger partial charge is 0.293 e. The van der Waals surface area contributed by atoms with E-state index in [1.807, 2.05) is 25.1 Å². The highest BCUT2D eigenvalue weighted by atomic mass is 79.9. The summed E-state index contributed by atoms with van der Waals surface area (Å²) in [5.74, 6) is -0.248. The molecule has 10 heteroatoms. The number of hydrogen-bond donors (Lipinski definition) is 1. The fourth-order valence-corrected chi connectivity index (χ4v) is 5.28. The number of ether oxygens (including phenoxy) is 1. The van der Waals surface area contributed by atoms with E-state index in [0.29, 0.717) is 37.1 Å². The number of amides is 3. The number of imide groups is 1. The lowest BCUT2D eigenvalue weighted by Gasteiger charge is -2.14. The monoisotopic (exact) mass is 604 g/mol. The third kappa shape index (κ3) is 6.31. The van der Waals surface area contributed by atoms with E-state index in [4.69, 9.17) is 27.9 Å². The second-order valence-electron chi connectivity index (χ2n) is 7.86. The third-order valence-corrected chi connectivity index (χ3v) is 7.40. The molecule has 0 aliphatic carbocycles. The van der Waals surface area contributed by atoms with Crippen molar-refractivity contribution in [2.24, 2.45) is 0 Å². The summed E-state index contributed by atoms with van der Waals surface area (Å²) in [6.45, 7) is 1.76. The number of nitrogens with zero attached hydrogens (tertiary/aromatic N) is 1. The van der Waals surface area contributed by atoms with Crippen molar-refractivity contribution in [1.82, 2.24) is 4.90 Å². The van der Waals surface area contributed by atoms with E-state index in [-0.39, 0.29) is 24.0 Å². The van der Waals surface area contributed by atoms with Crippen molar-refractivity contribution in [2.75, 3.05) is 11.9 Å². The molecule has 0 saturated carbocycles. The van der Waals surface area contributed by atoms with Crippen LogP contribution in [0.5, 0.6) is 5.75 Å². The number of nitrogens with one attached hydrogen (secondary N) is 1. The highest BCUT2D eigenvalue weighted by Crippen LogP contribution is 2.36. The highest BCUT2D eigenvalue weighted by molar-refractivity contribution is 9.10. The predicted octanol–water partition coefficient (Wildman–Crippen LogP) is 7.32. The van der Waals surface area contributed by atoms with Crippen LogP contribution in [-0.2, 0) is 16.1 Å². The molecule has 1 aliphatic rings. The largest absolute Gasteiger partial charge is 0.483 e. The molecule has 6 nitrogen and oxygen atoms in total. The van der Waals surface area contributed by atoms with Gasteiger partial charge in [0.1, 0.15) is 5.75 Å². The van der Waals surface area contributed by atoms with Gasteiger partial charge in [-0.1, -0.05) is 47.5 Å². The third-order valence-electron chi connectivity index (χ3n) is 5.17. The van der Waals surface area contributed by atoms with Gasteiger partial charge in [0.25, 0.3) is 17.1 Å². The number of benzene rings is 3. The maximum absolute atomic E-state index is 12.9. The van der Waals surface area contributed by atoms with Crippen molar-refractivity contribution in [3.8, 4) is 5.75 Å². The second-order valence-corrected chi connectivity index (χ2v) is 10.5. The molecule has 36 heavy (non-hydrogen) atoms. The van der Waals surface area contributed by atoms with Gasteiger partial charge in [0, 0.05) is 21.3 Å². The molecule has 0 unspecified atom stereocenters. The molecule has 3 aromatic carbocycles. The van der Waals surface area contributed by atoms with E-state index in [1.165, 1.54) is 0 Å². The van der Waals surface area contributed by atoms with Crippen LogP contribution >= 0.6 is 50.9 Å². The van der Waals surface area contributed by atoms with E-state index in [9.17, 15) is 14.4 Å². The molecule has 1 saturated heterocycles. The Morgan fingerprint density at radius 2 is 1.81 bits per heavy atom. The molecule has 184 valence electrons. The Labute approximate surface area is 230 Å². The maximum atomic E-state index is 12.9. The molecular weight excluding hydrogens is 587 g/mol. The Balaban J connectivity index is 1.41. The van der Waals surface area contributed by atoms with Crippen LogP contribution in [0.4, 0.5) is 10.5 Å². The molecule has 1 aliphatic heterocycles. The van der Waals surface area contributed by atoms with Crippen LogP contribution in [0.25, 0.3) is 6.08 Å². The zero-order valence-corrected chi connectivity index (χ0v) is 22.8. The predicted molar refractivity (Wildman–Crippen MR) is 147 cm³/mol. The zero-order valence-electron chi connectivity index (χ0n) is 18.9. The number of anilines is 1. The topological polar surface area (TPSA) is 75.7 Å². The summed E-state index contributed by atoms with van der Waals surface area (Å²) in [6, 6.07) is 17.7.